The van der Waals surface area contributed by atoms with Crippen LogP contribution in [0.2, 0.25) is 4.58 Å². The summed E-state index contributed by atoms with van der Waals surface area (Å²) in [6.07, 6.45) is 8.21. The zero-order chi connectivity index (χ0) is 20.4. The van der Waals surface area contributed by atoms with Gasteiger partial charge < -0.3 is 10.1 Å². The van der Waals surface area contributed by atoms with E-state index in [1.165, 1.54) is 0 Å². The van der Waals surface area contributed by atoms with Gasteiger partial charge in [0.25, 0.3) is 0 Å². The van der Waals surface area contributed by atoms with Gasteiger partial charge >= 0.3 is 143 Å². The molecule has 156 valence electrons. The van der Waals surface area contributed by atoms with Crippen LogP contribution in [0.15, 0.2) is 18.5 Å². The van der Waals surface area contributed by atoms with Crippen LogP contribution in [0.3, 0.4) is 0 Å². The van der Waals surface area contributed by atoms with Crippen molar-refractivity contribution in [2.75, 3.05) is 5.32 Å². The van der Waals surface area contributed by atoms with Crippen molar-refractivity contribution in [3.8, 4) is 0 Å². The molecule has 2 saturated carbocycles. The summed E-state index contributed by atoms with van der Waals surface area (Å²) in [4.78, 5) is 21.0. The Kier molecular flexibility index (Phi) is 6.05. The predicted molar refractivity (Wildman–Crippen MR) is 111 cm³/mol. The number of amides is 1. The van der Waals surface area contributed by atoms with Crippen molar-refractivity contribution in [3.63, 3.8) is 0 Å². The Bertz CT molecular complexity index is 864. The van der Waals surface area contributed by atoms with Gasteiger partial charge in [0.05, 0.1) is 0 Å². The van der Waals surface area contributed by atoms with Crippen LogP contribution in [0.4, 0.5) is 16.6 Å². The number of rotatable bonds is 7. The molecular formula is C20H28N6O2Po. The average molecular weight is 593 g/mol. The Morgan fingerprint density at radius 1 is 1.34 bits per heavy atom. The third-order valence-corrected chi connectivity index (χ3v) is 7.94. The second-order valence-corrected chi connectivity index (χ2v) is 11.6. The van der Waals surface area contributed by atoms with E-state index >= 15 is 0 Å². The van der Waals surface area contributed by atoms with E-state index in [0.29, 0.717) is 11.9 Å². The van der Waals surface area contributed by atoms with Crippen LogP contribution in [0.25, 0.3) is 0 Å². The van der Waals surface area contributed by atoms with Crippen molar-refractivity contribution < 1.29 is 9.53 Å². The third kappa shape index (κ3) is 5.25. The van der Waals surface area contributed by atoms with E-state index in [2.05, 4.69) is 43.3 Å². The van der Waals surface area contributed by atoms with Gasteiger partial charge in [-0.2, -0.15) is 0 Å². The van der Waals surface area contributed by atoms with E-state index in [0.717, 1.165) is 53.3 Å². The minimum absolute atomic E-state index is 0.0316. The van der Waals surface area contributed by atoms with Gasteiger partial charge in [0, 0.05) is 5.54 Å². The summed E-state index contributed by atoms with van der Waals surface area (Å²) >= 11 is -0.284. The number of carbonyl (C=O) groups is 1. The van der Waals surface area contributed by atoms with Crippen molar-refractivity contribution >= 4 is 41.4 Å². The number of anilines is 2. The maximum absolute atomic E-state index is 12.0. The fourth-order valence-electron chi connectivity index (χ4n) is 3.68. The molecule has 2 N–H and O–H groups in total. The predicted octanol–water partition coefficient (Wildman–Crippen LogP) is 3.12. The van der Waals surface area contributed by atoms with Gasteiger partial charge in [-0.15, -0.1) is 0 Å². The first kappa shape index (κ1) is 20.5. The summed E-state index contributed by atoms with van der Waals surface area (Å²) in [5.41, 5.74) is 2.19. The molecule has 8 nitrogen and oxygen atoms in total. The van der Waals surface area contributed by atoms with Crippen LogP contribution in [0.5, 0.6) is 0 Å². The number of hydrogen-bond acceptors (Lipinski definition) is 6. The number of carbonyl (C=O) groups excluding carboxylic acids is 1. The second kappa shape index (κ2) is 8.55. The molecule has 2 atom stereocenters. The monoisotopic (exact) mass is 593 g/mol. The van der Waals surface area contributed by atoms with Crippen molar-refractivity contribution in [2.45, 2.75) is 65.3 Å². The van der Waals surface area contributed by atoms with Crippen molar-refractivity contribution in [1.29, 1.82) is 0 Å². The standard InChI is InChI=1S/C19H25N6O2.CH3.Po/c1-12-8-16(25(3)24-12)22-17-20-10-14(11-21-17)13-4-5-15(9-13)27-18(26)23-19(2)6-7-19;;/h8,10-11,13,15H,1,4-7,9H2,2-3H3,(H,23,26)(H,20,21,22);1H3;/t13-,15+;;/m0../s1. The van der Waals surface area contributed by atoms with Gasteiger partial charge in [-0.05, 0) is 19.8 Å². The fraction of sp³-hybridized carbons (Fsp3) is 0.600. The molecule has 4 rings (SSSR count). The SMILES string of the molecule is [CH3][Po][CH2]c1cc(Nc2ncc([C@H]3CC[C@@H](OC(=O)NC4(C)CC4)C3)cn2)n(C)n1. The second-order valence-electron chi connectivity index (χ2n) is 8.27. The number of nitrogens with one attached hydrogen (secondary N) is 2. The molecule has 0 aliphatic heterocycles. The molecule has 0 unspecified atom stereocenters. The molecule has 1 amide bonds. The van der Waals surface area contributed by atoms with E-state index in [9.17, 15) is 4.79 Å². The van der Waals surface area contributed by atoms with Crippen LogP contribution in [0, 0.1) is 0 Å². The molecule has 0 aromatic carbocycles. The molecule has 2 aromatic heterocycles. The van der Waals surface area contributed by atoms with E-state index in [4.69, 9.17) is 4.74 Å². The van der Waals surface area contributed by atoms with Crippen LogP contribution in [0.1, 0.15) is 56.2 Å². The van der Waals surface area contributed by atoms with E-state index < -0.39 is 0 Å². The quantitative estimate of drug-likeness (QED) is 0.513. The summed E-state index contributed by atoms with van der Waals surface area (Å²) in [5.74, 6) is 1.81. The van der Waals surface area contributed by atoms with Crippen molar-refractivity contribution in [2.24, 2.45) is 7.05 Å². The minimum atomic E-state index is -0.284. The van der Waals surface area contributed by atoms with Gasteiger partial charge in [-0.25, -0.2) is 4.79 Å². The molecule has 2 aromatic rings. The van der Waals surface area contributed by atoms with Crippen LogP contribution in [-0.4, -0.2) is 61.1 Å². The Morgan fingerprint density at radius 3 is 2.79 bits per heavy atom. The Balaban J connectivity index is 1.30. The first-order valence-electron chi connectivity index (χ1n) is 10.0. The summed E-state index contributed by atoms with van der Waals surface area (Å²) in [6, 6.07) is 2.08. The summed E-state index contributed by atoms with van der Waals surface area (Å²) in [7, 11) is 1.93. The molecule has 2 aliphatic carbocycles. The summed E-state index contributed by atoms with van der Waals surface area (Å²) in [6.45, 7) is 2.05. The maximum atomic E-state index is 12.0. The Labute approximate surface area is 183 Å². The van der Waals surface area contributed by atoms with E-state index in [1.807, 2.05) is 24.1 Å². The molecule has 0 radical (unpaired) electrons. The number of nitrogens with zero attached hydrogens (tertiary/aromatic N) is 4. The van der Waals surface area contributed by atoms with E-state index in [-0.39, 0.29) is 41.3 Å². The Morgan fingerprint density at radius 2 is 2.10 bits per heavy atom. The fourth-order valence-corrected chi connectivity index (χ4v) is 5.38. The molecule has 0 saturated heterocycles. The molecule has 2 aliphatic rings. The number of aromatic nitrogens is 4. The zero-order valence-electron chi connectivity index (χ0n) is 17.1. The number of ether oxygens (including phenoxy) is 1. The molecule has 9 heteroatoms. The first-order chi connectivity index (χ1) is 13.9. The molecule has 2 heterocycles. The van der Waals surface area contributed by atoms with Gasteiger partial charge in [0.15, 0.2) is 0 Å². The number of alkyl carbamates (subject to hydrolysis) is 1. The van der Waals surface area contributed by atoms with Gasteiger partial charge in [-0.3, -0.25) is 0 Å². The number of hydrogen-bond donors (Lipinski definition) is 2. The summed E-state index contributed by atoms with van der Waals surface area (Å²) < 4.78 is 10.9. The molecule has 29 heavy (non-hydrogen) atoms. The normalized spacial score (nSPS) is 22.3. The molecule has 2 fully saturated rings. The molecule has 0 bridgehead atoms. The van der Waals surface area contributed by atoms with Crippen LogP contribution >= 0.6 is 0 Å². The third-order valence-electron chi connectivity index (χ3n) is 5.67. The number of aryl methyl sites for hydroxylation is 1. The van der Waals surface area contributed by atoms with Gasteiger partial charge in [-0.1, -0.05) is 0 Å². The van der Waals surface area contributed by atoms with Crippen molar-refractivity contribution in [1.82, 2.24) is 25.1 Å². The van der Waals surface area contributed by atoms with Crippen LogP contribution < -0.4 is 10.6 Å². The van der Waals surface area contributed by atoms with Crippen molar-refractivity contribution in [3.05, 3.63) is 29.7 Å². The topological polar surface area (TPSA) is 94.0 Å². The first-order valence-corrected chi connectivity index (χ1v) is 15.5. The summed E-state index contributed by atoms with van der Waals surface area (Å²) in [5, 5.41) is 10.7. The van der Waals surface area contributed by atoms with E-state index in [1.54, 1.807) is 0 Å². The molecular weight excluding hydrogens is 565 g/mol. The zero-order valence-corrected chi connectivity index (χ0v) is 20.3. The van der Waals surface area contributed by atoms with Gasteiger partial charge in [0.2, 0.25) is 0 Å². The molecule has 0 spiro atoms. The average Bonchev–Trinajstić information content (AvgIpc) is 3.07. The van der Waals surface area contributed by atoms with Crippen LogP contribution in [-0.2, 0) is 15.9 Å². The Hall–Kier alpha value is -1.74. The van der Waals surface area contributed by atoms with Gasteiger partial charge in [0.1, 0.15) is 0 Å².